The van der Waals surface area contributed by atoms with Crippen molar-refractivity contribution in [2.75, 3.05) is 13.1 Å². The molecule has 0 N–H and O–H groups in total. The second kappa shape index (κ2) is 7.11. The van der Waals surface area contributed by atoms with Crippen molar-refractivity contribution in [1.29, 1.82) is 0 Å². The summed E-state index contributed by atoms with van der Waals surface area (Å²) in [6.07, 6.45) is 11.2. The van der Waals surface area contributed by atoms with Gasteiger partial charge in [0.25, 0.3) is 0 Å². The highest BCUT2D eigenvalue weighted by molar-refractivity contribution is 6.30. The van der Waals surface area contributed by atoms with Crippen LogP contribution in [0.5, 0.6) is 0 Å². The zero-order valence-corrected chi connectivity index (χ0v) is 14.0. The fourth-order valence-electron chi connectivity index (χ4n) is 4.31. The molecule has 1 nitrogen and oxygen atoms in total. The van der Waals surface area contributed by atoms with Gasteiger partial charge in [-0.1, -0.05) is 57.4 Å². The Labute approximate surface area is 133 Å². The van der Waals surface area contributed by atoms with Gasteiger partial charge in [0, 0.05) is 23.0 Å². The van der Waals surface area contributed by atoms with E-state index in [2.05, 4.69) is 25.3 Å². The zero-order valence-electron chi connectivity index (χ0n) is 13.2. The van der Waals surface area contributed by atoms with E-state index in [-0.39, 0.29) is 17.3 Å². The maximum absolute atomic E-state index is 14.6. The Morgan fingerprint density at radius 3 is 2.62 bits per heavy atom. The minimum absolute atomic E-state index is 0.0105. The molecule has 0 aromatic heterocycles. The van der Waals surface area contributed by atoms with E-state index >= 15 is 0 Å². The predicted octanol–water partition coefficient (Wildman–Crippen LogP) is 5.44. The number of nitrogens with zero attached hydrogens (tertiary/aromatic N) is 1. The van der Waals surface area contributed by atoms with Gasteiger partial charge >= 0.3 is 0 Å². The SMILES string of the molecule is C=C(Cl)/C=C\C=C(/F)C1CN(CC)C2(CCCCC2)C1C. The Morgan fingerprint density at radius 1 is 1.38 bits per heavy atom. The molecule has 21 heavy (non-hydrogen) atoms. The van der Waals surface area contributed by atoms with Crippen molar-refractivity contribution in [2.24, 2.45) is 11.8 Å². The van der Waals surface area contributed by atoms with Gasteiger partial charge in [0.15, 0.2) is 0 Å². The lowest BCUT2D eigenvalue weighted by atomic mass is 9.71. The maximum atomic E-state index is 14.6. The van der Waals surface area contributed by atoms with Crippen molar-refractivity contribution < 1.29 is 4.39 Å². The van der Waals surface area contributed by atoms with Crippen LogP contribution in [0.3, 0.4) is 0 Å². The first-order valence-electron chi connectivity index (χ1n) is 8.14. The topological polar surface area (TPSA) is 3.24 Å². The van der Waals surface area contributed by atoms with Crippen LogP contribution in [0.25, 0.3) is 0 Å². The van der Waals surface area contributed by atoms with Gasteiger partial charge in [-0.2, -0.15) is 0 Å². The molecule has 0 bridgehead atoms. The molecular formula is C18H27ClFN. The highest BCUT2D eigenvalue weighted by Gasteiger charge is 2.51. The molecule has 0 aromatic rings. The van der Waals surface area contributed by atoms with Gasteiger partial charge in [0.1, 0.15) is 5.83 Å². The van der Waals surface area contributed by atoms with Gasteiger partial charge in [-0.05, 0) is 37.5 Å². The van der Waals surface area contributed by atoms with Crippen molar-refractivity contribution in [1.82, 2.24) is 4.90 Å². The van der Waals surface area contributed by atoms with Crippen molar-refractivity contribution in [3.63, 3.8) is 0 Å². The minimum Gasteiger partial charge on any atom is -0.297 e. The first-order valence-corrected chi connectivity index (χ1v) is 8.52. The van der Waals surface area contributed by atoms with Crippen LogP contribution in [0.1, 0.15) is 46.0 Å². The Hall–Kier alpha value is -0.600. The lowest BCUT2D eigenvalue weighted by Gasteiger charge is -2.44. The summed E-state index contributed by atoms with van der Waals surface area (Å²) in [5.41, 5.74) is 0.225. The summed E-state index contributed by atoms with van der Waals surface area (Å²) < 4.78 is 14.6. The summed E-state index contributed by atoms with van der Waals surface area (Å²) in [6.45, 7) is 9.87. The zero-order chi connectivity index (χ0) is 15.5. The van der Waals surface area contributed by atoms with Crippen LogP contribution in [-0.4, -0.2) is 23.5 Å². The largest absolute Gasteiger partial charge is 0.297 e. The molecular weight excluding hydrogens is 285 g/mol. The van der Waals surface area contributed by atoms with Gasteiger partial charge in [0.05, 0.1) is 0 Å². The summed E-state index contributed by atoms with van der Waals surface area (Å²) in [6, 6.07) is 0. The third-order valence-corrected chi connectivity index (χ3v) is 5.61. The van der Waals surface area contributed by atoms with E-state index in [0.29, 0.717) is 11.0 Å². The molecule has 1 saturated carbocycles. The molecule has 2 aliphatic rings. The second-order valence-electron chi connectivity index (χ2n) is 6.46. The molecule has 2 rings (SSSR count). The third-order valence-electron chi connectivity index (χ3n) is 5.49. The third kappa shape index (κ3) is 3.43. The summed E-state index contributed by atoms with van der Waals surface area (Å²) in [5, 5.41) is 0.428. The summed E-state index contributed by atoms with van der Waals surface area (Å²) in [4.78, 5) is 2.53. The lowest BCUT2D eigenvalue weighted by molar-refractivity contribution is 0.0666. The molecule has 118 valence electrons. The van der Waals surface area contributed by atoms with E-state index in [1.54, 1.807) is 18.2 Å². The van der Waals surface area contributed by atoms with Crippen LogP contribution < -0.4 is 0 Å². The van der Waals surface area contributed by atoms with Crippen LogP contribution in [-0.2, 0) is 0 Å². The van der Waals surface area contributed by atoms with Crippen LogP contribution >= 0.6 is 11.6 Å². The minimum atomic E-state index is -0.0161. The smallest absolute Gasteiger partial charge is 0.105 e. The number of likely N-dealkylation sites (tertiary alicyclic amines) is 1. The molecule has 2 unspecified atom stereocenters. The molecule has 2 fully saturated rings. The molecule has 1 heterocycles. The molecule has 1 aliphatic heterocycles. The Kier molecular flexibility index (Phi) is 5.67. The molecule has 0 radical (unpaired) electrons. The highest BCUT2D eigenvalue weighted by atomic mass is 35.5. The first kappa shape index (κ1) is 16.8. The van der Waals surface area contributed by atoms with Gasteiger partial charge in [-0.15, -0.1) is 0 Å². The molecule has 0 amide bonds. The van der Waals surface area contributed by atoms with Gasteiger partial charge in [0.2, 0.25) is 0 Å². The lowest BCUT2D eigenvalue weighted by Crippen LogP contribution is -2.48. The van der Waals surface area contributed by atoms with E-state index in [0.717, 1.165) is 13.1 Å². The average Bonchev–Trinajstić information content (AvgIpc) is 2.72. The monoisotopic (exact) mass is 311 g/mol. The van der Waals surface area contributed by atoms with Crippen molar-refractivity contribution in [2.45, 2.75) is 51.5 Å². The fraction of sp³-hybridized carbons (Fsp3) is 0.667. The highest BCUT2D eigenvalue weighted by Crippen LogP contribution is 2.49. The fourth-order valence-corrected chi connectivity index (χ4v) is 4.39. The normalized spacial score (nSPS) is 30.4. The number of allylic oxidation sites excluding steroid dienone is 4. The van der Waals surface area contributed by atoms with Crippen LogP contribution in [0.15, 0.2) is 35.7 Å². The van der Waals surface area contributed by atoms with E-state index in [1.165, 1.54) is 32.1 Å². The Balaban J connectivity index is 2.17. The van der Waals surface area contributed by atoms with Crippen LogP contribution in [0.4, 0.5) is 4.39 Å². The maximum Gasteiger partial charge on any atom is 0.105 e. The van der Waals surface area contributed by atoms with Gasteiger partial charge < -0.3 is 0 Å². The summed E-state index contributed by atoms with van der Waals surface area (Å²) >= 11 is 5.67. The molecule has 1 spiro atoms. The van der Waals surface area contributed by atoms with E-state index < -0.39 is 0 Å². The Bertz CT molecular complexity index is 434. The van der Waals surface area contributed by atoms with Gasteiger partial charge in [-0.25, -0.2) is 4.39 Å². The first-order chi connectivity index (χ1) is 10.0. The summed E-state index contributed by atoms with van der Waals surface area (Å²) in [5.74, 6) is 0.371. The molecule has 1 aliphatic carbocycles. The number of rotatable bonds is 4. The average molecular weight is 312 g/mol. The van der Waals surface area contributed by atoms with Crippen LogP contribution in [0, 0.1) is 11.8 Å². The molecule has 3 heteroatoms. The Morgan fingerprint density at radius 2 is 2.05 bits per heavy atom. The predicted molar refractivity (Wildman–Crippen MR) is 89.0 cm³/mol. The van der Waals surface area contributed by atoms with Gasteiger partial charge in [-0.3, -0.25) is 4.90 Å². The van der Waals surface area contributed by atoms with E-state index in [4.69, 9.17) is 11.6 Å². The summed E-state index contributed by atoms with van der Waals surface area (Å²) in [7, 11) is 0. The van der Waals surface area contributed by atoms with Crippen molar-refractivity contribution >= 4 is 11.6 Å². The van der Waals surface area contributed by atoms with Crippen LogP contribution in [0.2, 0.25) is 0 Å². The van der Waals surface area contributed by atoms with E-state index in [1.807, 2.05) is 0 Å². The van der Waals surface area contributed by atoms with E-state index in [9.17, 15) is 4.39 Å². The standard InChI is InChI=1S/C18H27ClFN/c1-4-21-13-16(17(20)10-8-9-14(2)19)15(3)18(21)11-6-5-7-12-18/h8-10,15-16H,2,4-7,11-13H2,1,3H3/b9-8-,17-10-. The second-order valence-corrected chi connectivity index (χ2v) is 6.94. The molecule has 2 atom stereocenters. The quantitative estimate of drug-likeness (QED) is 0.625. The number of hydrogen-bond acceptors (Lipinski definition) is 1. The number of hydrogen-bond donors (Lipinski definition) is 0. The van der Waals surface area contributed by atoms with Crippen molar-refractivity contribution in [3.05, 3.63) is 35.7 Å². The molecule has 0 aromatic carbocycles. The van der Waals surface area contributed by atoms with Crippen molar-refractivity contribution in [3.8, 4) is 0 Å². The molecule has 1 saturated heterocycles. The number of halogens is 2.